The maximum atomic E-state index is 12.1. The molecular weight excluding hydrogens is 262 g/mol. The minimum atomic E-state index is -0.0777. The lowest BCUT2D eigenvalue weighted by molar-refractivity contribution is -0.112. The van der Waals surface area contributed by atoms with Gasteiger partial charge in [0, 0.05) is 11.6 Å². The average molecular weight is 283 g/mol. The molecule has 0 radical (unpaired) electrons. The maximum absolute atomic E-state index is 12.1. The van der Waals surface area contributed by atoms with E-state index >= 15 is 0 Å². The second-order valence-electron chi connectivity index (χ2n) is 5.06. The number of carbonyl (C=O) groups excluding carboxylic acids is 1. The monoisotopic (exact) mass is 283 g/mol. The van der Waals surface area contributed by atoms with Crippen LogP contribution in [0.25, 0.3) is 0 Å². The minimum Gasteiger partial charge on any atom is -0.307 e. The lowest BCUT2D eigenvalue weighted by Crippen LogP contribution is -2.16. The Morgan fingerprint density at radius 2 is 2.05 bits per heavy atom. The van der Waals surface area contributed by atoms with E-state index in [1.54, 1.807) is 0 Å². The van der Waals surface area contributed by atoms with Crippen molar-refractivity contribution in [2.75, 3.05) is 5.32 Å². The molecule has 0 fully saturated rings. The van der Waals surface area contributed by atoms with Gasteiger partial charge in [-0.05, 0) is 25.8 Å². The van der Waals surface area contributed by atoms with Crippen molar-refractivity contribution in [3.8, 4) is 0 Å². The summed E-state index contributed by atoms with van der Waals surface area (Å²) in [7, 11) is 0. The highest BCUT2D eigenvalue weighted by molar-refractivity contribution is 6.02. The molecule has 110 valence electrons. The van der Waals surface area contributed by atoms with E-state index in [1.165, 1.54) is 0 Å². The van der Waals surface area contributed by atoms with Gasteiger partial charge in [-0.15, -0.1) is 0 Å². The van der Waals surface area contributed by atoms with Crippen molar-refractivity contribution in [1.82, 2.24) is 9.78 Å². The normalized spacial score (nSPS) is 11.5. The van der Waals surface area contributed by atoms with Gasteiger partial charge in [-0.3, -0.25) is 4.79 Å². The summed E-state index contributed by atoms with van der Waals surface area (Å²) in [5.74, 6) is 0.649. The number of benzene rings is 1. The summed E-state index contributed by atoms with van der Waals surface area (Å²) in [6.07, 6.45) is 2.77. The number of amides is 1. The number of aryl methyl sites for hydroxylation is 1. The van der Waals surface area contributed by atoms with E-state index in [0.29, 0.717) is 6.54 Å². The van der Waals surface area contributed by atoms with Crippen LogP contribution in [0.1, 0.15) is 31.5 Å². The molecule has 1 aromatic carbocycles. The second kappa shape index (κ2) is 6.88. The van der Waals surface area contributed by atoms with Crippen LogP contribution in [0.4, 0.5) is 5.82 Å². The number of allylic oxidation sites excluding steroid dienone is 1. The topological polar surface area (TPSA) is 46.9 Å². The first-order chi connectivity index (χ1) is 10.1. The molecular formula is C17H21N3O. The molecule has 0 atom stereocenters. The van der Waals surface area contributed by atoms with Crippen molar-refractivity contribution in [2.45, 2.75) is 33.7 Å². The van der Waals surface area contributed by atoms with E-state index in [-0.39, 0.29) is 5.91 Å². The number of rotatable bonds is 5. The highest BCUT2D eigenvalue weighted by Crippen LogP contribution is 2.14. The average Bonchev–Trinajstić information content (AvgIpc) is 2.80. The van der Waals surface area contributed by atoms with Crippen molar-refractivity contribution in [3.63, 3.8) is 0 Å². The van der Waals surface area contributed by atoms with E-state index in [2.05, 4.69) is 10.4 Å². The molecule has 2 rings (SSSR count). The van der Waals surface area contributed by atoms with Gasteiger partial charge < -0.3 is 5.32 Å². The van der Waals surface area contributed by atoms with Crippen LogP contribution in [0.2, 0.25) is 0 Å². The maximum Gasteiger partial charge on any atom is 0.252 e. The summed E-state index contributed by atoms with van der Waals surface area (Å²) in [6.45, 7) is 6.40. The van der Waals surface area contributed by atoms with Crippen LogP contribution in [-0.4, -0.2) is 15.7 Å². The Balaban J connectivity index is 2.17. The third kappa shape index (κ3) is 4.05. The van der Waals surface area contributed by atoms with Crippen LogP contribution >= 0.6 is 0 Å². The molecule has 21 heavy (non-hydrogen) atoms. The predicted molar refractivity (Wildman–Crippen MR) is 85.2 cm³/mol. The Labute approximate surface area is 125 Å². The van der Waals surface area contributed by atoms with E-state index in [9.17, 15) is 4.79 Å². The fraction of sp³-hybridized carbons (Fsp3) is 0.294. The lowest BCUT2D eigenvalue weighted by atomic mass is 10.2. The summed E-state index contributed by atoms with van der Waals surface area (Å²) in [5.41, 5.74) is 2.76. The summed E-state index contributed by atoms with van der Waals surface area (Å²) in [4.78, 5) is 12.1. The first-order valence-electron chi connectivity index (χ1n) is 7.16. The lowest BCUT2D eigenvalue weighted by Gasteiger charge is -2.09. The zero-order valence-corrected chi connectivity index (χ0v) is 12.8. The number of aromatic nitrogens is 2. The predicted octanol–water partition coefficient (Wildman–Crippen LogP) is 3.53. The standard InChI is InChI=1S/C17H21N3O/c1-4-8-13(2)17(21)18-16-11-14(3)19-20(16)12-15-9-6-5-7-10-15/h5-11H,4,12H2,1-3H3,(H,18,21)/b13-8-. The van der Waals surface area contributed by atoms with Crippen LogP contribution in [0.15, 0.2) is 48.0 Å². The molecule has 0 saturated carbocycles. The van der Waals surface area contributed by atoms with Gasteiger partial charge in [0.2, 0.25) is 0 Å². The van der Waals surface area contributed by atoms with E-state index < -0.39 is 0 Å². The molecule has 0 saturated heterocycles. The molecule has 2 aromatic rings. The molecule has 0 spiro atoms. The summed E-state index contributed by atoms with van der Waals surface area (Å²) < 4.78 is 1.82. The van der Waals surface area contributed by atoms with Gasteiger partial charge in [-0.1, -0.05) is 43.3 Å². The second-order valence-corrected chi connectivity index (χ2v) is 5.06. The summed E-state index contributed by atoms with van der Waals surface area (Å²) >= 11 is 0. The first kappa shape index (κ1) is 15.0. The number of carbonyl (C=O) groups is 1. The molecule has 4 heteroatoms. The molecule has 0 aliphatic rings. The molecule has 1 aromatic heterocycles. The first-order valence-corrected chi connectivity index (χ1v) is 7.16. The van der Waals surface area contributed by atoms with E-state index in [0.717, 1.165) is 29.1 Å². The zero-order chi connectivity index (χ0) is 15.2. The van der Waals surface area contributed by atoms with Crippen molar-refractivity contribution in [2.24, 2.45) is 0 Å². The number of nitrogens with zero attached hydrogens (tertiary/aromatic N) is 2. The largest absolute Gasteiger partial charge is 0.307 e. The third-order valence-corrected chi connectivity index (χ3v) is 3.19. The SMILES string of the molecule is CC/C=C(/C)C(=O)Nc1cc(C)nn1Cc1ccccc1. The number of hydrogen-bond acceptors (Lipinski definition) is 2. The van der Waals surface area contributed by atoms with Gasteiger partial charge in [0.15, 0.2) is 0 Å². The number of nitrogens with one attached hydrogen (secondary N) is 1. The van der Waals surface area contributed by atoms with Crippen molar-refractivity contribution >= 4 is 11.7 Å². The molecule has 1 heterocycles. The van der Waals surface area contributed by atoms with Gasteiger partial charge >= 0.3 is 0 Å². The smallest absolute Gasteiger partial charge is 0.252 e. The summed E-state index contributed by atoms with van der Waals surface area (Å²) in [6, 6.07) is 12.0. The Kier molecular flexibility index (Phi) is 4.93. The van der Waals surface area contributed by atoms with Crippen LogP contribution in [0.3, 0.4) is 0 Å². The van der Waals surface area contributed by atoms with E-state index in [1.807, 2.05) is 67.9 Å². The molecule has 0 aliphatic heterocycles. The van der Waals surface area contributed by atoms with Gasteiger partial charge in [0.05, 0.1) is 12.2 Å². The fourth-order valence-corrected chi connectivity index (χ4v) is 2.14. The summed E-state index contributed by atoms with van der Waals surface area (Å²) in [5, 5.41) is 7.38. The Bertz CT molecular complexity index is 641. The molecule has 0 unspecified atom stereocenters. The molecule has 1 N–H and O–H groups in total. The van der Waals surface area contributed by atoms with Crippen LogP contribution in [-0.2, 0) is 11.3 Å². The quantitative estimate of drug-likeness (QED) is 0.853. The highest BCUT2D eigenvalue weighted by Gasteiger charge is 2.10. The van der Waals surface area contributed by atoms with Crippen LogP contribution in [0, 0.1) is 6.92 Å². The molecule has 4 nitrogen and oxygen atoms in total. The van der Waals surface area contributed by atoms with Crippen LogP contribution < -0.4 is 5.32 Å². The van der Waals surface area contributed by atoms with Gasteiger partial charge in [0.1, 0.15) is 5.82 Å². The third-order valence-electron chi connectivity index (χ3n) is 3.19. The van der Waals surface area contributed by atoms with Crippen molar-refractivity contribution in [3.05, 3.63) is 59.3 Å². The van der Waals surface area contributed by atoms with E-state index in [4.69, 9.17) is 0 Å². The number of anilines is 1. The Hall–Kier alpha value is -2.36. The molecule has 1 amide bonds. The Morgan fingerprint density at radius 3 is 2.71 bits per heavy atom. The Morgan fingerprint density at radius 1 is 1.33 bits per heavy atom. The highest BCUT2D eigenvalue weighted by atomic mass is 16.1. The van der Waals surface area contributed by atoms with Gasteiger partial charge in [-0.25, -0.2) is 4.68 Å². The molecule has 0 aliphatic carbocycles. The molecule has 0 bridgehead atoms. The van der Waals surface area contributed by atoms with Crippen molar-refractivity contribution < 1.29 is 4.79 Å². The zero-order valence-electron chi connectivity index (χ0n) is 12.8. The number of hydrogen-bond donors (Lipinski definition) is 1. The van der Waals surface area contributed by atoms with Crippen molar-refractivity contribution in [1.29, 1.82) is 0 Å². The van der Waals surface area contributed by atoms with Crippen LogP contribution in [0.5, 0.6) is 0 Å². The van der Waals surface area contributed by atoms with Gasteiger partial charge in [-0.2, -0.15) is 5.10 Å². The fourth-order valence-electron chi connectivity index (χ4n) is 2.14. The minimum absolute atomic E-state index is 0.0777. The van der Waals surface area contributed by atoms with Gasteiger partial charge in [0.25, 0.3) is 5.91 Å².